The Labute approximate surface area is 220 Å². The summed E-state index contributed by atoms with van der Waals surface area (Å²) < 4.78 is 13.8. The number of carbonyl (C=O) groups excluding carboxylic acids is 1. The first-order valence-corrected chi connectivity index (χ1v) is 13.1. The molecule has 8 nitrogen and oxygen atoms in total. The van der Waals surface area contributed by atoms with Crippen molar-refractivity contribution >= 4 is 33.3 Å². The Bertz CT molecular complexity index is 1210. The molecule has 1 aliphatic carbocycles. The molecule has 192 valence electrons. The number of hydrogen-bond acceptors (Lipinski definition) is 7. The van der Waals surface area contributed by atoms with Crippen LogP contribution in [0.25, 0.3) is 11.3 Å². The van der Waals surface area contributed by atoms with Crippen LogP contribution in [0.1, 0.15) is 48.2 Å². The number of aryl methyl sites for hydroxylation is 2. The minimum atomic E-state index is -0.395. The van der Waals surface area contributed by atoms with Gasteiger partial charge in [-0.15, -0.1) is 0 Å². The number of anilines is 2. The highest BCUT2D eigenvalue weighted by atomic mass is 79.9. The predicted octanol–water partition coefficient (Wildman–Crippen LogP) is 5.61. The molecule has 1 saturated carbocycles. The highest BCUT2D eigenvalue weighted by Crippen LogP contribution is 2.37. The molecule has 36 heavy (non-hydrogen) atoms. The van der Waals surface area contributed by atoms with Crippen LogP contribution in [0.2, 0.25) is 0 Å². The highest BCUT2D eigenvalue weighted by molar-refractivity contribution is 9.10. The molecule has 9 heteroatoms. The topological polar surface area (TPSA) is 104 Å². The van der Waals surface area contributed by atoms with Crippen molar-refractivity contribution in [3.8, 4) is 17.1 Å². The first-order chi connectivity index (χ1) is 17.3. The molecule has 1 aromatic carbocycles. The second-order valence-corrected chi connectivity index (χ2v) is 10.4. The number of pyridine rings is 1. The number of nitrogens with two attached hydrogens (primary N) is 1. The van der Waals surface area contributed by atoms with Crippen LogP contribution in [-0.2, 0) is 11.8 Å². The molecule has 2 aromatic heterocycles. The zero-order valence-electron chi connectivity index (χ0n) is 21.1. The monoisotopic (exact) mass is 555 g/mol. The average molecular weight is 557 g/mol. The van der Waals surface area contributed by atoms with Gasteiger partial charge in [0.2, 0.25) is 5.88 Å². The standard InChI is InChI=1S/C27H34BrN5O3/c1-17-11-20(27(34)35-3)13-25(32-17)22-16-31-33(2)26(22)36-10-4-5-19(12-18-6-7-18)15-30-24-9-8-21(28)14-23(24)29/h8-9,11,13-14,16,18-19,30H,4-7,10,12,15,29H2,1-3H3/t19-/m0/s1. The molecule has 3 aromatic rings. The molecular formula is C27H34BrN5O3. The van der Waals surface area contributed by atoms with Gasteiger partial charge in [-0.2, -0.15) is 5.10 Å². The maximum absolute atomic E-state index is 12.1. The number of rotatable bonds is 12. The van der Waals surface area contributed by atoms with Crippen LogP contribution in [0.4, 0.5) is 11.4 Å². The average Bonchev–Trinajstić information content (AvgIpc) is 3.60. The van der Waals surface area contributed by atoms with Crippen LogP contribution < -0.4 is 15.8 Å². The number of halogens is 1. The van der Waals surface area contributed by atoms with Gasteiger partial charge in [0.25, 0.3) is 0 Å². The molecule has 0 aliphatic heterocycles. The summed E-state index contributed by atoms with van der Waals surface area (Å²) in [5.74, 6) is 1.65. The first kappa shape index (κ1) is 26.0. The number of nitrogens with one attached hydrogen (secondary N) is 1. The number of nitrogens with zero attached hydrogens (tertiary/aromatic N) is 3. The number of ether oxygens (including phenoxy) is 2. The van der Waals surface area contributed by atoms with Crippen molar-refractivity contribution in [2.24, 2.45) is 18.9 Å². The van der Waals surface area contributed by atoms with Gasteiger partial charge in [-0.3, -0.25) is 4.98 Å². The molecule has 0 radical (unpaired) electrons. The Morgan fingerprint density at radius 3 is 2.83 bits per heavy atom. The van der Waals surface area contributed by atoms with E-state index in [1.54, 1.807) is 23.0 Å². The second-order valence-electron chi connectivity index (χ2n) is 9.51. The summed E-state index contributed by atoms with van der Waals surface area (Å²) in [7, 11) is 3.22. The number of esters is 1. The van der Waals surface area contributed by atoms with Gasteiger partial charge in [-0.25, -0.2) is 9.48 Å². The Hall–Kier alpha value is -3.07. The van der Waals surface area contributed by atoms with Crippen LogP contribution in [0, 0.1) is 18.8 Å². The number of carbonyl (C=O) groups is 1. The van der Waals surface area contributed by atoms with E-state index in [0.29, 0.717) is 29.7 Å². The fraction of sp³-hybridized carbons (Fsp3) is 0.444. The summed E-state index contributed by atoms with van der Waals surface area (Å²) in [5, 5.41) is 7.91. The van der Waals surface area contributed by atoms with E-state index in [0.717, 1.165) is 52.4 Å². The van der Waals surface area contributed by atoms with Crippen molar-refractivity contribution in [1.29, 1.82) is 0 Å². The van der Waals surface area contributed by atoms with Gasteiger partial charge in [0.15, 0.2) is 0 Å². The first-order valence-electron chi connectivity index (χ1n) is 12.3. The lowest BCUT2D eigenvalue weighted by atomic mass is 9.96. The Morgan fingerprint density at radius 1 is 1.31 bits per heavy atom. The number of hydrogen-bond donors (Lipinski definition) is 2. The van der Waals surface area contributed by atoms with E-state index in [4.69, 9.17) is 15.2 Å². The van der Waals surface area contributed by atoms with Gasteiger partial charge in [0, 0.05) is 23.8 Å². The SMILES string of the molecule is COC(=O)c1cc(C)nc(-c2cnn(C)c2OCCC[C@H](CNc2ccc(Br)cc2N)CC2CC2)c1. The quantitative estimate of drug-likeness (QED) is 0.170. The fourth-order valence-corrected chi connectivity index (χ4v) is 4.81. The minimum absolute atomic E-state index is 0.395. The predicted molar refractivity (Wildman–Crippen MR) is 145 cm³/mol. The minimum Gasteiger partial charge on any atom is -0.477 e. The largest absolute Gasteiger partial charge is 0.477 e. The summed E-state index contributed by atoms with van der Waals surface area (Å²) in [6.07, 6.45) is 7.60. The Morgan fingerprint density at radius 2 is 2.11 bits per heavy atom. The van der Waals surface area contributed by atoms with Crippen molar-refractivity contribution in [3.05, 3.63) is 52.3 Å². The molecule has 0 spiro atoms. The van der Waals surface area contributed by atoms with E-state index in [1.807, 2.05) is 32.2 Å². The van der Waals surface area contributed by atoms with E-state index in [9.17, 15) is 4.79 Å². The smallest absolute Gasteiger partial charge is 0.337 e. The van der Waals surface area contributed by atoms with Crippen LogP contribution in [0.3, 0.4) is 0 Å². The van der Waals surface area contributed by atoms with Gasteiger partial charge >= 0.3 is 5.97 Å². The molecule has 1 fully saturated rings. The summed E-state index contributed by atoms with van der Waals surface area (Å²) in [6.45, 7) is 3.31. The fourth-order valence-electron chi connectivity index (χ4n) is 4.43. The summed E-state index contributed by atoms with van der Waals surface area (Å²) >= 11 is 3.46. The Kier molecular flexibility index (Phi) is 8.51. The zero-order chi connectivity index (χ0) is 25.7. The molecular weight excluding hydrogens is 522 g/mol. The second kappa shape index (κ2) is 11.8. The Balaban J connectivity index is 1.36. The van der Waals surface area contributed by atoms with Gasteiger partial charge in [0.1, 0.15) is 0 Å². The number of benzene rings is 1. The van der Waals surface area contributed by atoms with Crippen molar-refractivity contribution in [1.82, 2.24) is 14.8 Å². The van der Waals surface area contributed by atoms with Crippen molar-refractivity contribution in [2.45, 2.75) is 39.0 Å². The normalized spacial score (nSPS) is 13.9. The van der Waals surface area contributed by atoms with Crippen LogP contribution >= 0.6 is 15.9 Å². The van der Waals surface area contributed by atoms with E-state index < -0.39 is 5.97 Å². The lowest BCUT2D eigenvalue weighted by Gasteiger charge is -2.19. The molecule has 0 bridgehead atoms. The lowest BCUT2D eigenvalue weighted by molar-refractivity contribution is 0.0600. The third kappa shape index (κ3) is 6.78. The van der Waals surface area contributed by atoms with Gasteiger partial charge in [0.05, 0.1) is 48.1 Å². The van der Waals surface area contributed by atoms with Gasteiger partial charge in [-0.05, 0) is 68.4 Å². The van der Waals surface area contributed by atoms with Crippen molar-refractivity contribution in [3.63, 3.8) is 0 Å². The van der Waals surface area contributed by atoms with E-state index >= 15 is 0 Å². The third-order valence-corrected chi connectivity index (χ3v) is 6.98. The van der Waals surface area contributed by atoms with Crippen molar-refractivity contribution in [2.75, 3.05) is 31.3 Å². The molecule has 4 rings (SSSR count). The zero-order valence-corrected chi connectivity index (χ0v) is 22.7. The van der Waals surface area contributed by atoms with Crippen LogP contribution in [0.15, 0.2) is 41.0 Å². The maximum Gasteiger partial charge on any atom is 0.337 e. The molecule has 2 heterocycles. The third-order valence-electron chi connectivity index (χ3n) is 6.49. The molecule has 3 N–H and O–H groups in total. The molecule has 0 amide bonds. The van der Waals surface area contributed by atoms with E-state index in [2.05, 4.69) is 31.3 Å². The maximum atomic E-state index is 12.1. The highest BCUT2D eigenvalue weighted by Gasteiger charge is 2.25. The summed E-state index contributed by atoms with van der Waals surface area (Å²) in [5.41, 5.74) is 10.5. The van der Waals surface area contributed by atoms with Crippen LogP contribution in [0.5, 0.6) is 5.88 Å². The molecule has 0 unspecified atom stereocenters. The molecule has 1 aliphatic rings. The number of nitrogen functional groups attached to an aromatic ring is 1. The van der Waals surface area contributed by atoms with E-state index in [1.165, 1.54) is 26.4 Å². The molecule has 0 saturated heterocycles. The summed E-state index contributed by atoms with van der Waals surface area (Å²) in [4.78, 5) is 16.6. The van der Waals surface area contributed by atoms with Crippen molar-refractivity contribution < 1.29 is 14.3 Å². The number of methoxy groups -OCH3 is 1. The van der Waals surface area contributed by atoms with Gasteiger partial charge < -0.3 is 20.5 Å². The number of aromatic nitrogens is 3. The summed E-state index contributed by atoms with van der Waals surface area (Å²) in [6, 6.07) is 9.38. The van der Waals surface area contributed by atoms with Gasteiger partial charge in [-0.1, -0.05) is 28.8 Å². The van der Waals surface area contributed by atoms with E-state index in [-0.39, 0.29) is 0 Å². The van der Waals surface area contributed by atoms with Crippen LogP contribution in [-0.4, -0.2) is 41.0 Å². The lowest BCUT2D eigenvalue weighted by Crippen LogP contribution is -2.17. The molecule has 1 atom stereocenters.